The molecule has 2 aromatic rings. The molecule has 0 radical (unpaired) electrons. The van der Waals surface area contributed by atoms with E-state index in [1.165, 1.54) is 50.5 Å². The van der Waals surface area contributed by atoms with Gasteiger partial charge < -0.3 is 0 Å². The zero-order valence-electron chi connectivity index (χ0n) is 20.6. The SMILES string of the molecule is CCCCCCCCC=CCCc1ccccc1N=CC(CCCC)=Nc1ccccc1.[Ni]. The van der Waals surface area contributed by atoms with Gasteiger partial charge >= 0.3 is 0 Å². The largest absolute Gasteiger partial charge is 0.255 e. The van der Waals surface area contributed by atoms with Gasteiger partial charge in [0.05, 0.1) is 17.1 Å². The van der Waals surface area contributed by atoms with Crippen molar-refractivity contribution in [3.8, 4) is 0 Å². The number of hydrogen-bond acceptors (Lipinski definition) is 2. The number of unbranched alkanes of at least 4 members (excludes halogenated alkanes) is 7. The van der Waals surface area contributed by atoms with Crippen LogP contribution in [0.3, 0.4) is 0 Å². The number of aliphatic imine (C=N–C) groups is 2. The molecule has 0 fully saturated rings. The fourth-order valence-corrected chi connectivity index (χ4v) is 3.68. The molecule has 0 unspecified atom stereocenters. The number of rotatable bonds is 16. The van der Waals surface area contributed by atoms with Gasteiger partial charge in [0.2, 0.25) is 0 Å². The average molecular weight is 489 g/mol. The Morgan fingerprint density at radius 1 is 0.727 bits per heavy atom. The molecule has 2 nitrogen and oxygen atoms in total. The molecule has 0 saturated heterocycles. The van der Waals surface area contributed by atoms with Crippen LogP contribution in [0.4, 0.5) is 11.4 Å². The third-order valence-electron chi connectivity index (χ3n) is 5.63. The molecule has 0 aliphatic carbocycles. The fourth-order valence-electron chi connectivity index (χ4n) is 3.68. The summed E-state index contributed by atoms with van der Waals surface area (Å²) in [5, 5.41) is 0. The molecule has 33 heavy (non-hydrogen) atoms. The minimum atomic E-state index is 0. The molecule has 0 heterocycles. The Morgan fingerprint density at radius 2 is 1.39 bits per heavy atom. The van der Waals surface area contributed by atoms with Gasteiger partial charge in [-0.05, 0) is 62.3 Å². The predicted octanol–water partition coefficient (Wildman–Crippen LogP) is 9.59. The standard InChI is InChI=1S/C30H42N2.Ni/c1-3-5-7-8-9-10-11-12-13-15-20-27-21-18-19-25-30(27)31-26-29(22-6-4-2)32-28-23-16-14-17-24-28;/h12-14,16-19,21,23-26H,3-11,15,20,22H2,1-2H3;. The summed E-state index contributed by atoms with van der Waals surface area (Å²) in [7, 11) is 0. The van der Waals surface area contributed by atoms with Gasteiger partial charge in [0.1, 0.15) is 0 Å². The summed E-state index contributed by atoms with van der Waals surface area (Å²) in [4.78, 5) is 9.66. The van der Waals surface area contributed by atoms with Crippen molar-refractivity contribution in [2.24, 2.45) is 9.98 Å². The Morgan fingerprint density at radius 3 is 2.18 bits per heavy atom. The topological polar surface area (TPSA) is 24.7 Å². The van der Waals surface area contributed by atoms with Gasteiger partial charge in [-0.1, -0.05) is 101 Å². The van der Waals surface area contributed by atoms with Gasteiger partial charge in [-0.15, -0.1) is 0 Å². The van der Waals surface area contributed by atoms with E-state index < -0.39 is 0 Å². The minimum absolute atomic E-state index is 0. The van der Waals surface area contributed by atoms with Gasteiger partial charge in [-0.3, -0.25) is 9.98 Å². The van der Waals surface area contributed by atoms with Crippen molar-refractivity contribution in [2.75, 3.05) is 0 Å². The van der Waals surface area contributed by atoms with E-state index in [0.29, 0.717) is 0 Å². The van der Waals surface area contributed by atoms with Crippen LogP contribution < -0.4 is 0 Å². The molecular formula is C30H42N2Ni. The zero-order chi connectivity index (χ0) is 22.7. The van der Waals surface area contributed by atoms with E-state index >= 15 is 0 Å². The molecule has 182 valence electrons. The van der Waals surface area contributed by atoms with E-state index in [-0.39, 0.29) is 16.5 Å². The second-order valence-electron chi connectivity index (χ2n) is 8.50. The number of nitrogens with zero attached hydrogens (tertiary/aromatic N) is 2. The number of para-hydroxylation sites is 2. The van der Waals surface area contributed by atoms with Crippen LogP contribution >= 0.6 is 0 Å². The third kappa shape index (κ3) is 13.3. The van der Waals surface area contributed by atoms with Gasteiger partial charge in [0.25, 0.3) is 0 Å². The third-order valence-corrected chi connectivity index (χ3v) is 5.63. The molecule has 0 N–H and O–H groups in total. The number of benzene rings is 2. The normalized spacial score (nSPS) is 11.9. The second kappa shape index (κ2) is 19.5. The van der Waals surface area contributed by atoms with E-state index in [1.807, 2.05) is 36.5 Å². The summed E-state index contributed by atoms with van der Waals surface area (Å²) >= 11 is 0. The van der Waals surface area contributed by atoms with E-state index in [2.05, 4.69) is 50.3 Å². The number of allylic oxidation sites excluding steroid dienone is 2. The van der Waals surface area contributed by atoms with Crippen LogP contribution in [-0.2, 0) is 22.9 Å². The van der Waals surface area contributed by atoms with Crippen LogP contribution in [0.1, 0.15) is 90.0 Å². The first-order chi connectivity index (χ1) is 15.8. The van der Waals surface area contributed by atoms with E-state index in [4.69, 9.17) is 9.98 Å². The van der Waals surface area contributed by atoms with Crippen LogP contribution in [0.25, 0.3) is 0 Å². The maximum atomic E-state index is 4.84. The van der Waals surface area contributed by atoms with Gasteiger partial charge in [0.15, 0.2) is 0 Å². The summed E-state index contributed by atoms with van der Waals surface area (Å²) < 4.78 is 0. The van der Waals surface area contributed by atoms with E-state index in [9.17, 15) is 0 Å². The van der Waals surface area contributed by atoms with Crippen molar-refractivity contribution >= 4 is 23.3 Å². The molecule has 2 aromatic carbocycles. The Hall–Kier alpha value is -1.99. The number of aryl methyl sites for hydroxylation is 1. The first-order valence-corrected chi connectivity index (χ1v) is 12.7. The van der Waals surface area contributed by atoms with Crippen LogP contribution in [0.5, 0.6) is 0 Å². The monoisotopic (exact) mass is 488 g/mol. The molecule has 0 saturated carbocycles. The van der Waals surface area contributed by atoms with E-state index in [1.54, 1.807) is 0 Å². The van der Waals surface area contributed by atoms with Crippen molar-refractivity contribution in [3.05, 3.63) is 72.3 Å². The maximum absolute atomic E-state index is 4.84. The first kappa shape index (κ1) is 29.0. The molecule has 0 atom stereocenters. The minimum Gasteiger partial charge on any atom is -0.255 e. The van der Waals surface area contributed by atoms with E-state index in [0.717, 1.165) is 49.2 Å². The fraction of sp³-hybridized carbons (Fsp3) is 0.467. The van der Waals surface area contributed by atoms with Crippen molar-refractivity contribution in [1.29, 1.82) is 0 Å². The Balaban J connectivity index is 0.00000544. The molecule has 3 heteroatoms. The van der Waals surface area contributed by atoms with Gasteiger partial charge in [0, 0.05) is 22.7 Å². The maximum Gasteiger partial charge on any atom is 0.0662 e. The zero-order valence-corrected chi connectivity index (χ0v) is 21.6. The predicted molar refractivity (Wildman–Crippen MR) is 143 cm³/mol. The molecule has 0 aliphatic rings. The average Bonchev–Trinajstić information content (AvgIpc) is 2.83. The molecule has 0 spiro atoms. The summed E-state index contributed by atoms with van der Waals surface area (Å²) in [5.74, 6) is 0. The molecule has 0 aromatic heterocycles. The molecule has 2 rings (SSSR count). The quantitative estimate of drug-likeness (QED) is 0.0971. The molecular weight excluding hydrogens is 447 g/mol. The van der Waals surface area contributed by atoms with Crippen LogP contribution in [-0.4, -0.2) is 11.9 Å². The Labute approximate surface area is 212 Å². The summed E-state index contributed by atoms with van der Waals surface area (Å²) in [6.07, 6.45) is 21.4. The molecule has 0 aliphatic heterocycles. The van der Waals surface area contributed by atoms with Crippen LogP contribution in [0.15, 0.2) is 76.7 Å². The second-order valence-corrected chi connectivity index (χ2v) is 8.50. The van der Waals surface area contributed by atoms with Gasteiger partial charge in [-0.2, -0.15) is 0 Å². The van der Waals surface area contributed by atoms with Crippen molar-refractivity contribution in [1.82, 2.24) is 0 Å². The van der Waals surface area contributed by atoms with Crippen LogP contribution in [0, 0.1) is 0 Å². The smallest absolute Gasteiger partial charge is 0.0662 e. The molecule has 0 amide bonds. The van der Waals surface area contributed by atoms with Crippen molar-refractivity contribution in [2.45, 2.75) is 90.9 Å². The molecule has 0 bridgehead atoms. The van der Waals surface area contributed by atoms with Crippen molar-refractivity contribution < 1.29 is 16.5 Å². The summed E-state index contributed by atoms with van der Waals surface area (Å²) in [6, 6.07) is 18.7. The first-order valence-electron chi connectivity index (χ1n) is 12.7. The Kier molecular flexibility index (Phi) is 17.1. The van der Waals surface area contributed by atoms with Crippen molar-refractivity contribution in [3.63, 3.8) is 0 Å². The summed E-state index contributed by atoms with van der Waals surface area (Å²) in [6.45, 7) is 4.49. The Bertz CT molecular complexity index is 824. The van der Waals surface area contributed by atoms with Crippen LogP contribution in [0.2, 0.25) is 0 Å². The van der Waals surface area contributed by atoms with Gasteiger partial charge in [-0.25, -0.2) is 0 Å². The number of hydrogen-bond donors (Lipinski definition) is 0. The summed E-state index contributed by atoms with van der Waals surface area (Å²) in [5.41, 5.74) is 4.41.